The van der Waals surface area contributed by atoms with Crippen LogP contribution in [0.3, 0.4) is 0 Å². The highest BCUT2D eigenvalue weighted by atomic mass is 15.2. The number of para-hydroxylation sites is 3. The lowest BCUT2D eigenvalue weighted by Crippen LogP contribution is -1.99. The van der Waals surface area contributed by atoms with Crippen LogP contribution in [0.5, 0.6) is 0 Å². The van der Waals surface area contributed by atoms with Crippen molar-refractivity contribution < 1.29 is 0 Å². The van der Waals surface area contributed by atoms with Crippen LogP contribution >= 0.6 is 0 Å². The molecule has 140 valence electrons. The Morgan fingerprint density at radius 3 is 1.90 bits per heavy atom. The van der Waals surface area contributed by atoms with Gasteiger partial charge in [-0.05, 0) is 29.7 Å². The Balaban J connectivity index is 1.85. The lowest BCUT2D eigenvalue weighted by molar-refractivity contribution is 1.12. The van der Waals surface area contributed by atoms with E-state index in [9.17, 15) is 0 Å². The minimum atomic E-state index is 1.00. The standard InChI is InChI=1S/C27H17N3/c1-2-10-18(11-3-1)29-24-17-9-7-15-22(24)25-27(29)30-23-16-8-6-13-20(23)19-12-4-5-14-21(19)26(30)28-25/h1-17H. The number of nitrogens with zero attached hydrogens (tertiary/aromatic N) is 3. The SMILES string of the molecule is c1ccc(-n2c3ccccc3c3nc4c5ccccc5c5ccccc5n4c32)cc1. The van der Waals surface area contributed by atoms with Gasteiger partial charge in [0, 0.05) is 21.8 Å². The summed E-state index contributed by atoms with van der Waals surface area (Å²) in [4.78, 5) is 5.21. The van der Waals surface area contributed by atoms with Crippen molar-refractivity contribution in [2.24, 2.45) is 0 Å². The summed E-state index contributed by atoms with van der Waals surface area (Å²) in [6.45, 7) is 0. The zero-order valence-electron chi connectivity index (χ0n) is 16.2. The molecular formula is C27H17N3. The Kier molecular flexibility index (Phi) is 3.00. The van der Waals surface area contributed by atoms with Gasteiger partial charge in [0.15, 0.2) is 5.65 Å². The normalized spacial score (nSPS) is 12.0. The predicted octanol–water partition coefficient (Wildman–Crippen LogP) is 6.74. The van der Waals surface area contributed by atoms with Crippen LogP contribution in [0.4, 0.5) is 0 Å². The number of hydrogen-bond acceptors (Lipinski definition) is 1. The molecule has 0 radical (unpaired) electrons. The Labute approximate surface area is 172 Å². The second-order valence-corrected chi connectivity index (χ2v) is 7.69. The number of aromatic nitrogens is 3. The highest BCUT2D eigenvalue weighted by Crippen LogP contribution is 2.37. The van der Waals surface area contributed by atoms with Crippen molar-refractivity contribution in [3.63, 3.8) is 0 Å². The summed E-state index contributed by atoms with van der Waals surface area (Å²) in [5.41, 5.74) is 6.64. The van der Waals surface area contributed by atoms with Gasteiger partial charge in [0.2, 0.25) is 0 Å². The van der Waals surface area contributed by atoms with E-state index in [1.807, 2.05) is 0 Å². The first kappa shape index (κ1) is 15.8. The number of benzene rings is 4. The zero-order valence-corrected chi connectivity index (χ0v) is 16.2. The van der Waals surface area contributed by atoms with Crippen molar-refractivity contribution in [2.75, 3.05) is 0 Å². The van der Waals surface area contributed by atoms with E-state index in [-0.39, 0.29) is 0 Å². The molecule has 0 N–H and O–H groups in total. The first-order chi connectivity index (χ1) is 14.9. The summed E-state index contributed by atoms with van der Waals surface area (Å²) in [5.74, 6) is 0. The fourth-order valence-electron chi connectivity index (χ4n) is 4.84. The maximum Gasteiger partial charge on any atom is 0.151 e. The van der Waals surface area contributed by atoms with Crippen LogP contribution in [-0.4, -0.2) is 14.0 Å². The summed E-state index contributed by atoms with van der Waals surface area (Å²) in [5, 5.41) is 4.83. The lowest BCUT2D eigenvalue weighted by atomic mass is 10.1. The van der Waals surface area contributed by atoms with Crippen LogP contribution in [0.25, 0.3) is 55.1 Å². The molecular weight excluding hydrogens is 366 g/mol. The quantitative estimate of drug-likeness (QED) is 0.288. The van der Waals surface area contributed by atoms with Gasteiger partial charge < -0.3 is 0 Å². The minimum absolute atomic E-state index is 1.00. The smallest absolute Gasteiger partial charge is 0.151 e. The molecule has 0 aliphatic carbocycles. The monoisotopic (exact) mass is 383 g/mol. The molecule has 0 spiro atoms. The van der Waals surface area contributed by atoms with Crippen molar-refractivity contribution in [2.45, 2.75) is 0 Å². The number of rotatable bonds is 1. The van der Waals surface area contributed by atoms with Gasteiger partial charge in [-0.2, -0.15) is 0 Å². The average molecular weight is 383 g/mol. The molecule has 30 heavy (non-hydrogen) atoms. The molecule has 0 fully saturated rings. The zero-order chi connectivity index (χ0) is 19.7. The van der Waals surface area contributed by atoms with Gasteiger partial charge >= 0.3 is 0 Å². The van der Waals surface area contributed by atoms with Gasteiger partial charge in [0.25, 0.3) is 0 Å². The molecule has 0 saturated heterocycles. The molecule has 3 heteroatoms. The fraction of sp³-hybridized carbons (Fsp3) is 0. The van der Waals surface area contributed by atoms with E-state index < -0.39 is 0 Å². The Morgan fingerprint density at radius 1 is 0.500 bits per heavy atom. The maximum atomic E-state index is 5.21. The second-order valence-electron chi connectivity index (χ2n) is 7.69. The average Bonchev–Trinajstić information content (AvgIpc) is 3.35. The van der Waals surface area contributed by atoms with Crippen LogP contribution in [0.1, 0.15) is 0 Å². The highest BCUT2D eigenvalue weighted by Gasteiger charge is 2.20. The first-order valence-corrected chi connectivity index (χ1v) is 10.2. The molecule has 3 aromatic heterocycles. The molecule has 4 aromatic carbocycles. The molecule has 0 bridgehead atoms. The van der Waals surface area contributed by atoms with E-state index in [1.165, 1.54) is 32.6 Å². The van der Waals surface area contributed by atoms with Gasteiger partial charge in [-0.3, -0.25) is 8.97 Å². The van der Waals surface area contributed by atoms with Gasteiger partial charge in [-0.15, -0.1) is 0 Å². The van der Waals surface area contributed by atoms with Crippen LogP contribution in [0.2, 0.25) is 0 Å². The topological polar surface area (TPSA) is 22.2 Å². The summed E-state index contributed by atoms with van der Waals surface area (Å²) in [6, 6.07) is 36.3. The van der Waals surface area contributed by atoms with E-state index in [0.29, 0.717) is 0 Å². The Bertz CT molecular complexity index is 1740. The third-order valence-electron chi connectivity index (χ3n) is 6.08. The molecule has 7 aromatic rings. The van der Waals surface area contributed by atoms with E-state index in [4.69, 9.17) is 4.98 Å². The Morgan fingerprint density at radius 2 is 1.10 bits per heavy atom. The summed E-state index contributed by atoms with van der Waals surface area (Å²) < 4.78 is 4.67. The van der Waals surface area contributed by atoms with E-state index in [2.05, 4.69) is 112 Å². The van der Waals surface area contributed by atoms with Crippen LogP contribution in [0, 0.1) is 0 Å². The molecule has 0 aliphatic heterocycles. The van der Waals surface area contributed by atoms with E-state index in [1.54, 1.807) is 0 Å². The number of pyridine rings is 1. The summed E-state index contributed by atoms with van der Waals surface area (Å²) >= 11 is 0. The van der Waals surface area contributed by atoms with E-state index in [0.717, 1.165) is 22.5 Å². The van der Waals surface area contributed by atoms with Crippen LogP contribution < -0.4 is 0 Å². The van der Waals surface area contributed by atoms with Crippen LogP contribution in [-0.2, 0) is 0 Å². The third-order valence-corrected chi connectivity index (χ3v) is 6.08. The van der Waals surface area contributed by atoms with Crippen LogP contribution in [0.15, 0.2) is 103 Å². The van der Waals surface area contributed by atoms with Crippen molar-refractivity contribution >= 4 is 49.4 Å². The summed E-state index contributed by atoms with van der Waals surface area (Å²) in [6.07, 6.45) is 0. The maximum absolute atomic E-state index is 5.21. The number of fused-ring (bicyclic) bond motifs is 10. The molecule has 0 aliphatic rings. The first-order valence-electron chi connectivity index (χ1n) is 10.2. The van der Waals surface area contributed by atoms with Gasteiger partial charge in [0.05, 0.1) is 11.0 Å². The summed E-state index contributed by atoms with van der Waals surface area (Å²) in [7, 11) is 0. The number of imidazole rings is 1. The molecule has 3 nitrogen and oxygen atoms in total. The molecule has 3 heterocycles. The number of hydrogen-bond donors (Lipinski definition) is 0. The Hall–Kier alpha value is -4.11. The van der Waals surface area contributed by atoms with Gasteiger partial charge in [-0.25, -0.2) is 4.98 Å². The largest absolute Gasteiger partial charge is 0.294 e. The molecule has 7 rings (SSSR count). The lowest BCUT2D eigenvalue weighted by Gasteiger charge is -2.11. The van der Waals surface area contributed by atoms with Crippen molar-refractivity contribution in [3.05, 3.63) is 103 Å². The van der Waals surface area contributed by atoms with Gasteiger partial charge in [0.1, 0.15) is 11.2 Å². The van der Waals surface area contributed by atoms with Crippen molar-refractivity contribution in [3.8, 4) is 5.69 Å². The molecule has 0 atom stereocenters. The van der Waals surface area contributed by atoms with Gasteiger partial charge in [-0.1, -0.05) is 78.9 Å². The molecule has 0 amide bonds. The van der Waals surface area contributed by atoms with Crippen molar-refractivity contribution in [1.82, 2.24) is 14.0 Å². The third kappa shape index (κ3) is 1.91. The second kappa shape index (κ2) is 5.71. The minimum Gasteiger partial charge on any atom is -0.294 e. The molecule has 0 saturated carbocycles. The molecule has 0 unspecified atom stereocenters. The van der Waals surface area contributed by atoms with Crippen molar-refractivity contribution in [1.29, 1.82) is 0 Å². The predicted molar refractivity (Wildman–Crippen MR) is 125 cm³/mol. The highest BCUT2D eigenvalue weighted by molar-refractivity contribution is 6.16. The fourth-order valence-corrected chi connectivity index (χ4v) is 4.84. The van der Waals surface area contributed by atoms with E-state index >= 15 is 0 Å².